The lowest BCUT2D eigenvalue weighted by atomic mass is 10.3. The van der Waals surface area contributed by atoms with Crippen LogP contribution in [-0.2, 0) is 17.1 Å². The summed E-state index contributed by atoms with van der Waals surface area (Å²) in [6.45, 7) is 3.55. The molecule has 1 aromatic rings. The second-order valence-electron chi connectivity index (χ2n) is 4.23. The van der Waals surface area contributed by atoms with E-state index >= 15 is 0 Å². The Hall–Kier alpha value is -0.650. The molecule has 1 fully saturated rings. The van der Waals surface area contributed by atoms with Gasteiger partial charge in [0.1, 0.15) is 5.01 Å². The average molecular weight is 274 g/mol. The fourth-order valence-electron chi connectivity index (χ4n) is 1.79. The summed E-state index contributed by atoms with van der Waals surface area (Å²) in [7, 11) is 2.08. The highest BCUT2D eigenvalue weighted by Gasteiger charge is 2.19. The molecule has 1 aliphatic rings. The van der Waals surface area contributed by atoms with Gasteiger partial charge in [0.05, 0.1) is 18.0 Å². The fraction of sp³-hybridized carbons (Fsp3) is 0.636. The van der Waals surface area contributed by atoms with Crippen molar-refractivity contribution in [3.8, 4) is 0 Å². The molecule has 2 rings (SSSR count). The number of halogens is 1. The Bertz CT molecular complexity index is 388. The summed E-state index contributed by atoms with van der Waals surface area (Å²) in [6.07, 6.45) is 0.408. The van der Waals surface area contributed by atoms with E-state index in [9.17, 15) is 4.79 Å². The van der Waals surface area contributed by atoms with Gasteiger partial charge in [0, 0.05) is 31.6 Å². The van der Waals surface area contributed by atoms with Gasteiger partial charge in [-0.3, -0.25) is 4.79 Å². The normalized spacial score (nSPS) is 17.4. The Morgan fingerprint density at radius 2 is 2.18 bits per heavy atom. The van der Waals surface area contributed by atoms with E-state index < -0.39 is 0 Å². The number of carbonyl (C=O) groups excluding carboxylic acids is 1. The molecule has 0 N–H and O–H groups in total. The third kappa shape index (κ3) is 3.40. The number of alkyl halides is 1. The van der Waals surface area contributed by atoms with Crippen molar-refractivity contribution in [1.29, 1.82) is 0 Å². The number of nitrogens with zero attached hydrogens (tertiary/aromatic N) is 3. The molecule has 0 unspecified atom stereocenters. The number of piperazine rings is 1. The van der Waals surface area contributed by atoms with Crippen LogP contribution in [0.15, 0.2) is 5.38 Å². The average Bonchev–Trinajstić information content (AvgIpc) is 2.77. The Morgan fingerprint density at radius 3 is 2.76 bits per heavy atom. The number of thiazole rings is 1. The molecule has 1 saturated heterocycles. The van der Waals surface area contributed by atoms with Crippen LogP contribution in [0.25, 0.3) is 0 Å². The first-order valence-electron chi connectivity index (χ1n) is 5.64. The first-order valence-corrected chi connectivity index (χ1v) is 7.06. The summed E-state index contributed by atoms with van der Waals surface area (Å²) < 4.78 is 0. The first kappa shape index (κ1) is 12.8. The number of hydrogen-bond acceptors (Lipinski definition) is 4. The smallest absolute Gasteiger partial charge is 0.229 e. The van der Waals surface area contributed by atoms with Crippen LogP contribution in [0.3, 0.4) is 0 Å². The molecule has 0 aliphatic carbocycles. The summed E-state index contributed by atoms with van der Waals surface area (Å²) in [5.41, 5.74) is 0.859. The molecule has 0 radical (unpaired) electrons. The van der Waals surface area contributed by atoms with E-state index in [-0.39, 0.29) is 5.91 Å². The largest absolute Gasteiger partial charge is 0.340 e. The minimum atomic E-state index is 0.175. The van der Waals surface area contributed by atoms with Gasteiger partial charge in [-0.25, -0.2) is 4.98 Å². The summed E-state index contributed by atoms with van der Waals surface area (Å²) in [5.74, 6) is 0.590. The number of aromatic nitrogens is 1. The number of amides is 1. The van der Waals surface area contributed by atoms with Gasteiger partial charge in [-0.15, -0.1) is 22.9 Å². The molecule has 0 saturated carbocycles. The first-order chi connectivity index (χ1) is 8.19. The van der Waals surface area contributed by atoms with Crippen molar-refractivity contribution in [2.75, 3.05) is 33.2 Å². The topological polar surface area (TPSA) is 36.4 Å². The van der Waals surface area contributed by atoms with E-state index in [0.717, 1.165) is 36.9 Å². The predicted octanol–water partition coefficient (Wildman–Crippen LogP) is 1.20. The van der Waals surface area contributed by atoms with Gasteiger partial charge in [0.25, 0.3) is 0 Å². The summed E-state index contributed by atoms with van der Waals surface area (Å²) in [6, 6.07) is 0. The lowest BCUT2D eigenvalue weighted by Crippen LogP contribution is -2.47. The Balaban J connectivity index is 1.88. The predicted molar refractivity (Wildman–Crippen MR) is 69.5 cm³/mol. The molecule has 0 atom stereocenters. The zero-order valence-electron chi connectivity index (χ0n) is 9.86. The third-order valence-corrected chi connectivity index (χ3v) is 4.07. The molecule has 0 bridgehead atoms. The molecule has 1 aliphatic heterocycles. The molecule has 0 spiro atoms. The van der Waals surface area contributed by atoms with Crippen molar-refractivity contribution < 1.29 is 4.79 Å². The molecule has 1 amide bonds. The van der Waals surface area contributed by atoms with Gasteiger partial charge >= 0.3 is 0 Å². The second kappa shape index (κ2) is 5.80. The van der Waals surface area contributed by atoms with Crippen molar-refractivity contribution in [2.45, 2.75) is 12.3 Å². The van der Waals surface area contributed by atoms with Crippen molar-refractivity contribution in [3.63, 3.8) is 0 Å². The number of carbonyl (C=O) groups is 1. The Morgan fingerprint density at radius 1 is 1.47 bits per heavy atom. The summed E-state index contributed by atoms with van der Waals surface area (Å²) in [4.78, 5) is 20.5. The minimum absolute atomic E-state index is 0.175. The maximum absolute atomic E-state index is 12.0. The molecule has 4 nitrogen and oxygen atoms in total. The lowest BCUT2D eigenvalue weighted by Gasteiger charge is -2.32. The Labute approximate surface area is 110 Å². The van der Waals surface area contributed by atoms with Crippen LogP contribution < -0.4 is 0 Å². The number of hydrogen-bond donors (Lipinski definition) is 0. The van der Waals surface area contributed by atoms with Crippen LogP contribution in [0.5, 0.6) is 0 Å². The zero-order chi connectivity index (χ0) is 12.3. The van der Waals surface area contributed by atoms with Crippen molar-refractivity contribution >= 4 is 28.8 Å². The van der Waals surface area contributed by atoms with Crippen LogP contribution >= 0.6 is 22.9 Å². The van der Waals surface area contributed by atoms with E-state index in [0.29, 0.717) is 12.3 Å². The summed E-state index contributed by atoms with van der Waals surface area (Å²) >= 11 is 7.20. The lowest BCUT2D eigenvalue weighted by molar-refractivity contribution is -0.132. The second-order valence-corrected chi connectivity index (χ2v) is 5.44. The van der Waals surface area contributed by atoms with Gasteiger partial charge in [-0.05, 0) is 7.05 Å². The zero-order valence-corrected chi connectivity index (χ0v) is 11.4. The van der Waals surface area contributed by atoms with Gasteiger partial charge in [-0.2, -0.15) is 0 Å². The molecular formula is C11H16ClN3OS. The standard InChI is InChI=1S/C11H16ClN3OS/c1-14-2-4-15(5-3-14)11(16)6-10-13-9(7-12)8-17-10/h8H,2-7H2,1H3. The highest BCUT2D eigenvalue weighted by Crippen LogP contribution is 2.13. The SMILES string of the molecule is CN1CCN(C(=O)Cc2nc(CCl)cs2)CC1. The molecular weight excluding hydrogens is 258 g/mol. The van der Waals surface area contributed by atoms with E-state index in [1.807, 2.05) is 10.3 Å². The number of likely N-dealkylation sites (N-methyl/N-ethyl adjacent to an activating group) is 1. The Kier molecular flexibility index (Phi) is 4.36. The monoisotopic (exact) mass is 273 g/mol. The van der Waals surface area contributed by atoms with E-state index in [4.69, 9.17) is 11.6 Å². The van der Waals surface area contributed by atoms with Crippen LogP contribution in [-0.4, -0.2) is 53.9 Å². The van der Waals surface area contributed by atoms with Gasteiger partial charge in [0.15, 0.2) is 0 Å². The van der Waals surface area contributed by atoms with Crippen molar-refractivity contribution in [1.82, 2.24) is 14.8 Å². The molecule has 17 heavy (non-hydrogen) atoms. The van der Waals surface area contributed by atoms with Crippen LogP contribution in [0.4, 0.5) is 0 Å². The highest BCUT2D eigenvalue weighted by molar-refractivity contribution is 7.09. The molecule has 2 heterocycles. The van der Waals surface area contributed by atoms with Crippen molar-refractivity contribution in [3.05, 3.63) is 16.1 Å². The molecule has 1 aromatic heterocycles. The number of rotatable bonds is 3. The maximum atomic E-state index is 12.0. The fourth-order valence-corrected chi connectivity index (χ4v) is 2.80. The molecule has 94 valence electrons. The van der Waals surface area contributed by atoms with E-state index in [2.05, 4.69) is 16.9 Å². The van der Waals surface area contributed by atoms with Crippen LogP contribution in [0.1, 0.15) is 10.7 Å². The van der Waals surface area contributed by atoms with Crippen molar-refractivity contribution in [2.24, 2.45) is 0 Å². The van der Waals surface area contributed by atoms with Crippen LogP contribution in [0.2, 0.25) is 0 Å². The molecule has 6 heteroatoms. The molecule has 0 aromatic carbocycles. The summed E-state index contributed by atoms with van der Waals surface area (Å²) in [5, 5.41) is 2.78. The van der Waals surface area contributed by atoms with E-state index in [1.54, 1.807) is 0 Å². The third-order valence-electron chi connectivity index (χ3n) is 2.89. The minimum Gasteiger partial charge on any atom is -0.340 e. The van der Waals surface area contributed by atoms with Gasteiger partial charge in [-0.1, -0.05) is 0 Å². The maximum Gasteiger partial charge on any atom is 0.229 e. The van der Waals surface area contributed by atoms with Gasteiger partial charge in [0.2, 0.25) is 5.91 Å². The quantitative estimate of drug-likeness (QED) is 0.777. The highest BCUT2D eigenvalue weighted by atomic mass is 35.5. The van der Waals surface area contributed by atoms with E-state index in [1.165, 1.54) is 11.3 Å². The van der Waals surface area contributed by atoms with Crippen LogP contribution in [0, 0.1) is 0 Å². The van der Waals surface area contributed by atoms with Gasteiger partial charge < -0.3 is 9.80 Å².